The van der Waals surface area contributed by atoms with Gasteiger partial charge in [-0.05, 0) is 59.4 Å². The molecule has 1 N–H and O–H groups in total. The normalized spacial score (nSPS) is 21.2. The third kappa shape index (κ3) is 4.10. The number of aliphatic carboxylic acids is 1. The average molecular weight is 228 g/mol. The molecule has 94 valence electrons. The van der Waals surface area contributed by atoms with Gasteiger partial charge in [-0.1, -0.05) is 0 Å². The minimum Gasteiger partial charge on any atom is -0.481 e. The van der Waals surface area contributed by atoms with E-state index in [-0.39, 0.29) is 6.42 Å². The third-order valence-corrected chi connectivity index (χ3v) is 3.62. The van der Waals surface area contributed by atoms with E-state index in [1.54, 1.807) is 0 Å². The van der Waals surface area contributed by atoms with Crippen molar-refractivity contribution in [2.75, 3.05) is 34.2 Å². The Labute approximate surface area is 98.2 Å². The highest BCUT2D eigenvalue weighted by molar-refractivity contribution is 5.66. The summed E-state index contributed by atoms with van der Waals surface area (Å²) in [5.74, 6) is -0.0228. The largest absolute Gasteiger partial charge is 0.481 e. The first-order valence-corrected chi connectivity index (χ1v) is 6.07. The molecule has 1 fully saturated rings. The van der Waals surface area contributed by atoms with Gasteiger partial charge in [0.05, 0.1) is 0 Å². The summed E-state index contributed by atoms with van der Waals surface area (Å²) < 4.78 is 0. The molecular weight excluding hydrogens is 204 g/mol. The fourth-order valence-electron chi connectivity index (χ4n) is 2.60. The van der Waals surface area contributed by atoms with E-state index in [0.717, 1.165) is 19.5 Å². The van der Waals surface area contributed by atoms with Gasteiger partial charge in [0, 0.05) is 12.5 Å². The summed E-state index contributed by atoms with van der Waals surface area (Å²) in [6, 6.07) is 0.421. The van der Waals surface area contributed by atoms with E-state index in [1.807, 2.05) is 0 Å². The van der Waals surface area contributed by atoms with Crippen LogP contribution in [-0.4, -0.2) is 61.2 Å². The third-order valence-electron chi connectivity index (χ3n) is 3.62. The van der Waals surface area contributed by atoms with Crippen LogP contribution in [0.5, 0.6) is 0 Å². The molecule has 1 heterocycles. The minimum absolute atomic E-state index is 0.287. The van der Waals surface area contributed by atoms with E-state index in [1.165, 1.54) is 12.8 Å². The Hall–Kier alpha value is -0.610. The summed E-state index contributed by atoms with van der Waals surface area (Å²) in [7, 11) is 6.27. The van der Waals surface area contributed by atoms with Gasteiger partial charge in [0.2, 0.25) is 0 Å². The van der Waals surface area contributed by atoms with E-state index in [0.29, 0.717) is 12.0 Å². The molecule has 0 saturated carbocycles. The first kappa shape index (κ1) is 13.5. The summed E-state index contributed by atoms with van der Waals surface area (Å²) in [6.45, 7) is 2.28. The Morgan fingerprint density at radius 2 is 2.00 bits per heavy atom. The Kier molecular flexibility index (Phi) is 5.22. The van der Waals surface area contributed by atoms with Crippen molar-refractivity contribution < 1.29 is 9.90 Å². The van der Waals surface area contributed by atoms with Crippen molar-refractivity contribution in [1.82, 2.24) is 9.80 Å². The molecule has 0 spiro atoms. The summed E-state index contributed by atoms with van der Waals surface area (Å²) >= 11 is 0. The maximum Gasteiger partial charge on any atom is 0.303 e. The lowest BCUT2D eigenvalue weighted by molar-refractivity contribution is -0.137. The molecule has 0 bridgehead atoms. The second-order valence-corrected chi connectivity index (χ2v) is 5.10. The maximum absolute atomic E-state index is 10.6. The molecule has 16 heavy (non-hydrogen) atoms. The predicted octanol–water partition coefficient (Wildman–Crippen LogP) is 1.12. The first-order chi connectivity index (χ1) is 7.50. The molecule has 0 aromatic heterocycles. The zero-order valence-corrected chi connectivity index (χ0v) is 10.6. The van der Waals surface area contributed by atoms with Crippen LogP contribution in [0.25, 0.3) is 0 Å². The first-order valence-electron chi connectivity index (χ1n) is 6.07. The van der Waals surface area contributed by atoms with Crippen LogP contribution in [0.2, 0.25) is 0 Å². The highest BCUT2D eigenvalue weighted by Gasteiger charge is 2.26. The zero-order chi connectivity index (χ0) is 12.1. The van der Waals surface area contributed by atoms with Crippen molar-refractivity contribution in [3.05, 3.63) is 0 Å². The molecule has 1 aliphatic rings. The molecule has 0 radical (unpaired) electrons. The van der Waals surface area contributed by atoms with Gasteiger partial charge in [0.15, 0.2) is 0 Å². The van der Waals surface area contributed by atoms with E-state index < -0.39 is 5.97 Å². The molecular formula is C12H24N2O2. The molecule has 1 saturated heterocycles. The lowest BCUT2D eigenvalue weighted by Gasteiger charge is -2.37. The molecule has 1 rings (SSSR count). The monoisotopic (exact) mass is 228 g/mol. The van der Waals surface area contributed by atoms with Crippen molar-refractivity contribution in [2.45, 2.75) is 31.7 Å². The van der Waals surface area contributed by atoms with Crippen molar-refractivity contribution in [3.8, 4) is 0 Å². The minimum atomic E-state index is -0.681. The number of rotatable bonds is 5. The number of carboxylic acid groups (broad SMARTS) is 1. The molecule has 1 unspecified atom stereocenters. The second kappa shape index (κ2) is 6.21. The van der Waals surface area contributed by atoms with Crippen molar-refractivity contribution in [3.63, 3.8) is 0 Å². The number of piperidine rings is 1. The summed E-state index contributed by atoms with van der Waals surface area (Å²) in [4.78, 5) is 15.2. The van der Waals surface area contributed by atoms with Crippen LogP contribution < -0.4 is 0 Å². The molecule has 0 aromatic carbocycles. The van der Waals surface area contributed by atoms with Crippen molar-refractivity contribution in [1.29, 1.82) is 0 Å². The van der Waals surface area contributed by atoms with Gasteiger partial charge in [-0.3, -0.25) is 4.79 Å². The van der Waals surface area contributed by atoms with Gasteiger partial charge in [-0.25, -0.2) is 0 Å². The van der Waals surface area contributed by atoms with Gasteiger partial charge >= 0.3 is 5.97 Å². The van der Waals surface area contributed by atoms with Crippen LogP contribution >= 0.6 is 0 Å². The number of nitrogens with zero attached hydrogens (tertiary/aromatic N) is 2. The zero-order valence-electron chi connectivity index (χ0n) is 10.6. The Morgan fingerprint density at radius 3 is 2.44 bits per heavy atom. The SMILES string of the molecule is CN1CCC(C(CCC(=O)O)N(C)C)CC1. The smallest absolute Gasteiger partial charge is 0.303 e. The van der Waals surface area contributed by atoms with Crippen LogP contribution in [0.4, 0.5) is 0 Å². The van der Waals surface area contributed by atoms with E-state index in [2.05, 4.69) is 30.9 Å². The fourth-order valence-corrected chi connectivity index (χ4v) is 2.60. The Morgan fingerprint density at radius 1 is 1.44 bits per heavy atom. The number of hydrogen-bond acceptors (Lipinski definition) is 3. The molecule has 1 aliphatic heterocycles. The fraction of sp³-hybridized carbons (Fsp3) is 0.917. The molecule has 4 nitrogen and oxygen atoms in total. The summed E-state index contributed by atoms with van der Waals surface area (Å²) in [5.41, 5.74) is 0. The number of carbonyl (C=O) groups is 1. The van der Waals surface area contributed by atoms with Crippen LogP contribution in [0.1, 0.15) is 25.7 Å². The van der Waals surface area contributed by atoms with Crippen LogP contribution in [0, 0.1) is 5.92 Å². The molecule has 0 aromatic rings. The van der Waals surface area contributed by atoms with Gasteiger partial charge in [-0.15, -0.1) is 0 Å². The topological polar surface area (TPSA) is 43.8 Å². The Bertz CT molecular complexity index is 223. The van der Waals surface area contributed by atoms with Crippen LogP contribution in [0.15, 0.2) is 0 Å². The van der Waals surface area contributed by atoms with Gasteiger partial charge in [0.25, 0.3) is 0 Å². The number of hydrogen-bond donors (Lipinski definition) is 1. The van der Waals surface area contributed by atoms with Gasteiger partial charge < -0.3 is 14.9 Å². The molecule has 4 heteroatoms. The molecule has 0 amide bonds. The Balaban J connectivity index is 2.46. The number of carboxylic acids is 1. The van der Waals surface area contributed by atoms with Crippen LogP contribution in [-0.2, 0) is 4.79 Å². The standard InChI is InChI=1S/C12H24N2O2/c1-13(2)11(4-5-12(15)16)10-6-8-14(3)9-7-10/h10-11H,4-9H2,1-3H3,(H,15,16). The highest BCUT2D eigenvalue weighted by atomic mass is 16.4. The van der Waals surface area contributed by atoms with Crippen LogP contribution in [0.3, 0.4) is 0 Å². The highest BCUT2D eigenvalue weighted by Crippen LogP contribution is 2.25. The second-order valence-electron chi connectivity index (χ2n) is 5.10. The van der Waals surface area contributed by atoms with E-state index in [9.17, 15) is 4.79 Å². The summed E-state index contributed by atoms with van der Waals surface area (Å²) in [6.07, 6.45) is 3.45. The summed E-state index contributed by atoms with van der Waals surface area (Å²) in [5, 5.41) is 8.76. The molecule has 1 atom stereocenters. The van der Waals surface area contributed by atoms with Crippen molar-refractivity contribution in [2.24, 2.45) is 5.92 Å². The van der Waals surface area contributed by atoms with Gasteiger partial charge in [-0.2, -0.15) is 0 Å². The number of likely N-dealkylation sites (tertiary alicyclic amines) is 1. The van der Waals surface area contributed by atoms with E-state index in [4.69, 9.17) is 5.11 Å². The average Bonchev–Trinajstić information content (AvgIpc) is 2.20. The quantitative estimate of drug-likeness (QED) is 0.766. The van der Waals surface area contributed by atoms with Gasteiger partial charge in [0.1, 0.15) is 0 Å². The van der Waals surface area contributed by atoms with E-state index >= 15 is 0 Å². The maximum atomic E-state index is 10.6. The lowest BCUT2D eigenvalue weighted by atomic mass is 9.86. The molecule has 0 aliphatic carbocycles. The predicted molar refractivity (Wildman–Crippen MR) is 64.6 cm³/mol. The van der Waals surface area contributed by atoms with Crippen molar-refractivity contribution >= 4 is 5.97 Å². The lowest BCUT2D eigenvalue weighted by Crippen LogP contribution is -2.42.